The summed E-state index contributed by atoms with van der Waals surface area (Å²) in [5, 5.41) is 2.90. The molecule has 2 fully saturated rings. The van der Waals surface area contributed by atoms with Gasteiger partial charge in [-0.1, -0.05) is 19.3 Å². The average Bonchev–Trinajstić information content (AvgIpc) is 2.04. The molecule has 1 aliphatic carbocycles. The number of hydrogen-bond acceptors (Lipinski definition) is 1. The molecular weight excluding hydrogens is 184 g/mol. The lowest BCUT2D eigenvalue weighted by atomic mass is 9.72. The first-order chi connectivity index (χ1) is 5.16. The standard InChI is InChI=1S/C8H13F2N.ClH/c9-8(10)6-11-7(8)4-2-1-3-5-7;/h11H,1-6H2;1H. The van der Waals surface area contributed by atoms with E-state index in [1.54, 1.807) is 0 Å². The summed E-state index contributed by atoms with van der Waals surface area (Å²) in [6.07, 6.45) is 4.38. The quantitative estimate of drug-likeness (QED) is 0.629. The fourth-order valence-corrected chi connectivity index (χ4v) is 2.17. The smallest absolute Gasteiger partial charge is 0.278 e. The highest BCUT2D eigenvalue weighted by Crippen LogP contribution is 2.45. The summed E-state index contributed by atoms with van der Waals surface area (Å²) in [4.78, 5) is 0. The molecule has 0 unspecified atom stereocenters. The monoisotopic (exact) mass is 197 g/mol. The van der Waals surface area contributed by atoms with Crippen molar-refractivity contribution in [3.8, 4) is 0 Å². The molecule has 0 aromatic heterocycles. The molecule has 1 N–H and O–H groups in total. The lowest BCUT2D eigenvalue weighted by molar-refractivity contribution is -0.167. The first-order valence-electron chi connectivity index (χ1n) is 4.29. The maximum Gasteiger partial charge on any atom is 0.278 e. The summed E-state index contributed by atoms with van der Waals surface area (Å²) >= 11 is 0. The van der Waals surface area contributed by atoms with Crippen molar-refractivity contribution < 1.29 is 8.78 Å². The Labute approximate surface area is 77.3 Å². The van der Waals surface area contributed by atoms with E-state index in [9.17, 15) is 8.78 Å². The molecule has 1 saturated carbocycles. The fourth-order valence-electron chi connectivity index (χ4n) is 2.17. The number of rotatable bonds is 0. The molecule has 0 atom stereocenters. The minimum Gasteiger partial charge on any atom is -0.300 e. The van der Waals surface area contributed by atoms with Crippen molar-refractivity contribution in [2.24, 2.45) is 0 Å². The Morgan fingerprint density at radius 2 is 1.58 bits per heavy atom. The molecule has 0 aromatic rings. The van der Waals surface area contributed by atoms with Crippen LogP contribution in [0.5, 0.6) is 0 Å². The highest BCUT2D eigenvalue weighted by atomic mass is 35.5. The molecule has 0 radical (unpaired) electrons. The van der Waals surface area contributed by atoms with Gasteiger partial charge in [0.15, 0.2) is 0 Å². The van der Waals surface area contributed by atoms with Crippen molar-refractivity contribution in [3.63, 3.8) is 0 Å². The molecule has 12 heavy (non-hydrogen) atoms. The first kappa shape index (κ1) is 10.2. The van der Waals surface area contributed by atoms with Crippen LogP contribution in [0.3, 0.4) is 0 Å². The molecule has 0 bridgehead atoms. The molecule has 0 amide bonds. The second-order valence-corrected chi connectivity index (χ2v) is 3.70. The third-order valence-corrected chi connectivity index (χ3v) is 3.06. The summed E-state index contributed by atoms with van der Waals surface area (Å²) in [6.45, 7) is -0.104. The summed E-state index contributed by atoms with van der Waals surface area (Å²) < 4.78 is 26.0. The summed E-state index contributed by atoms with van der Waals surface area (Å²) in [5.74, 6) is -2.42. The van der Waals surface area contributed by atoms with Gasteiger partial charge in [0.25, 0.3) is 5.92 Å². The summed E-state index contributed by atoms with van der Waals surface area (Å²) in [6, 6.07) is 0. The van der Waals surface area contributed by atoms with Gasteiger partial charge in [-0.2, -0.15) is 0 Å². The Kier molecular flexibility index (Phi) is 2.64. The zero-order valence-corrected chi connectivity index (χ0v) is 7.72. The van der Waals surface area contributed by atoms with Crippen LogP contribution in [0, 0.1) is 0 Å². The van der Waals surface area contributed by atoms with Crippen molar-refractivity contribution in [1.29, 1.82) is 0 Å². The van der Waals surface area contributed by atoms with E-state index >= 15 is 0 Å². The Bertz CT molecular complexity index is 166. The van der Waals surface area contributed by atoms with Gasteiger partial charge in [-0.3, -0.25) is 0 Å². The van der Waals surface area contributed by atoms with Crippen LogP contribution in [0.25, 0.3) is 0 Å². The SMILES string of the molecule is Cl.FC1(F)CNC12CCCCC2. The second-order valence-electron chi connectivity index (χ2n) is 3.70. The van der Waals surface area contributed by atoms with Crippen LogP contribution >= 0.6 is 12.4 Å². The number of halogens is 3. The van der Waals surface area contributed by atoms with Gasteiger partial charge in [-0.05, 0) is 12.8 Å². The van der Waals surface area contributed by atoms with Crippen LogP contribution in [-0.2, 0) is 0 Å². The van der Waals surface area contributed by atoms with Crippen LogP contribution < -0.4 is 5.32 Å². The predicted octanol–water partition coefficient (Wildman–Crippen LogP) is 2.35. The average molecular weight is 198 g/mol. The van der Waals surface area contributed by atoms with Crippen LogP contribution in [0.15, 0.2) is 0 Å². The predicted molar refractivity (Wildman–Crippen MR) is 46.0 cm³/mol. The van der Waals surface area contributed by atoms with Gasteiger partial charge >= 0.3 is 0 Å². The molecule has 1 heterocycles. The highest BCUT2D eigenvalue weighted by Gasteiger charge is 2.60. The molecule has 4 heteroatoms. The topological polar surface area (TPSA) is 12.0 Å². The van der Waals surface area contributed by atoms with Crippen molar-refractivity contribution in [2.75, 3.05) is 6.54 Å². The van der Waals surface area contributed by atoms with Crippen LogP contribution in [-0.4, -0.2) is 18.0 Å². The number of nitrogens with one attached hydrogen (secondary N) is 1. The second kappa shape index (κ2) is 3.11. The van der Waals surface area contributed by atoms with Crippen molar-refractivity contribution >= 4 is 12.4 Å². The van der Waals surface area contributed by atoms with E-state index in [0.29, 0.717) is 12.8 Å². The number of alkyl halides is 2. The third kappa shape index (κ3) is 1.23. The number of hydrogen-bond donors (Lipinski definition) is 1. The van der Waals surface area contributed by atoms with Gasteiger partial charge in [0.05, 0.1) is 12.1 Å². The van der Waals surface area contributed by atoms with Gasteiger partial charge in [-0.25, -0.2) is 8.78 Å². The van der Waals surface area contributed by atoms with E-state index in [4.69, 9.17) is 0 Å². The van der Waals surface area contributed by atoms with Crippen molar-refractivity contribution in [3.05, 3.63) is 0 Å². The van der Waals surface area contributed by atoms with Gasteiger partial charge < -0.3 is 5.32 Å². The molecule has 2 aliphatic rings. The van der Waals surface area contributed by atoms with E-state index in [1.807, 2.05) is 0 Å². The molecular formula is C8H14ClF2N. The molecule has 2 rings (SSSR count). The van der Waals surface area contributed by atoms with Crippen LogP contribution in [0.2, 0.25) is 0 Å². The van der Waals surface area contributed by atoms with E-state index in [0.717, 1.165) is 19.3 Å². The van der Waals surface area contributed by atoms with E-state index in [2.05, 4.69) is 5.32 Å². The Morgan fingerprint density at radius 1 is 1.00 bits per heavy atom. The molecule has 1 saturated heterocycles. The normalized spacial score (nSPS) is 30.5. The lowest BCUT2D eigenvalue weighted by Gasteiger charge is -2.52. The zero-order chi connectivity index (χ0) is 7.95. The largest absolute Gasteiger partial charge is 0.300 e. The zero-order valence-electron chi connectivity index (χ0n) is 6.91. The van der Waals surface area contributed by atoms with E-state index in [-0.39, 0.29) is 19.0 Å². The maximum atomic E-state index is 13.0. The van der Waals surface area contributed by atoms with Gasteiger partial charge in [-0.15, -0.1) is 12.4 Å². The highest BCUT2D eigenvalue weighted by molar-refractivity contribution is 5.85. The minimum atomic E-state index is -2.42. The first-order valence-corrected chi connectivity index (χ1v) is 4.29. The molecule has 1 aliphatic heterocycles. The van der Waals surface area contributed by atoms with Gasteiger partial charge in [0, 0.05) is 0 Å². The van der Waals surface area contributed by atoms with Crippen molar-refractivity contribution in [1.82, 2.24) is 5.32 Å². The Balaban J connectivity index is 0.000000720. The van der Waals surface area contributed by atoms with Crippen LogP contribution in [0.4, 0.5) is 8.78 Å². The van der Waals surface area contributed by atoms with Gasteiger partial charge in [0.1, 0.15) is 0 Å². The van der Waals surface area contributed by atoms with E-state index < -0.39 is 11.5 Å². The summed E-state index contributed by atoms with van der Waals surface area (Å²) in [5.41, 5.74) is -0.786. The molecule has 0 aromatic carbocycles. The lowest BCUT2D eigenvalue weighted by Crippen LogP contribution is -2.74. The molecule has 1 spiro atoms. The third-order valence-electron chi connectivity index (χ3n) is 3.06. The van der Waals surface area contributed by atoms with E-state index in [1.165, 1.54) is 0 Å². The Morgan fingerprint density at radius 3 is 1.83 bits per heavy atom. The molecule has 72 valence electrons. The Hall–Kier alpha value is 0.110. The van der Waals surface area contributed by atoms with Crippen LogP contribution in [0.1, 0.15) is 32.1 Å². The van der Waals surface area contributed by atoms with Gasteiger partial charge in [0.2, 0.25) is 0 Å². The minimum absolute atomic E-state index is 0. The molecule has 1 nitrogen and oxygen atoms in total. The maximum absolute atomic E-state index is 13.0. The fraction of sp³-hybridized carbons (Fsp3) is 1.00. The van der Waals surface area contributed by atoms with Crippen molar-refractivity contribution in [2.45, 2.75) is 43.6 Å². The summed E-state index contributed by atoms with van der Waals surface area (Å²) in [7, 11) is 0.